The molecule has 0 spiro atoms. The lowest BCUT2D eigenvalue weighted by Gasteiger charge is -2.33. The molecule has 0 saturated carbocycles. The predicted octanol–water partition coefficient (Wildman–Crippen LogP) is 4.04. The molecule has 0 aliphatic carbocycles. The lowest BCUT2D eigenvalue weighted by atomic mass is 10.0. The van der Waals surface area contributed by atoms with Crippen LogP contribution in [0.2, 0.25) is 5.15 Å². The maximum Gasteiger partial charge on any atom is 0.172 e. The quantitative estimate of drug-likeness (QED) is 0.748. The van der Waals surface area contributed by atoms with Gasteiger partial charge >= 0.3 is 0 Å². The first kappa shape index (κ1) is 16.9. The van der Waals surface area contributed by atoms with Crippen LogP contribution in [0.4, 0.5) is 20.3 Å². The molecular weight excluding hydrogens is 360 g/mol. The summed E-state index contributed by atoms with van der Waals surface area (Å²) >= 11 is 6.29. The van der Waals surface area contributed by atoms with Gasteiger partial charge in [0.1, 0.15) is 17.2 Å². The highest BCUT2D eigenvalue weighted by Gasteiger charge is 2.23. The molecular formula is C18H16ClF2N5. The third kappa shape index (κ3) is 3.39. The summed E-state index contributed by atoms with van der Waals surface area (Å²) in [5, 5.41) is 3.50. The van der Waals surface area contributed by atoms with Crippen molar-refractivity contribution < 1.29 is 8.78 Å². The minimum absolute atomic E-state index is 0.0996. The van der Waals surface area contributed by atoms with Gasteiger partial charge in [0.25, 0.3) is 0 Å². The van der Waals surface area contributed by atoms with Gasteiger partial charge < -0.3 is 10.2 Å². The van der Waals surface area contributed by atoms with Crippen LogP contribution in [-0.2, 0) is 0 Å². The molecule has 4 rings (SSSR count). The molecule has 1 saturated heterocycles. The number of hydrogen-bond acceptors (Lipinski definition) is 5. The highest BCUT2D eigenvalue weighted by atomic mass is 35.5. The number of piperidine rings is 1. The molecule has 5 nitrogen and oxygen atoms in total. The van der Waals surface area contributed by atoms with Crippen molar-refractivity contribution in [2.45, 2.75) is 18.9 Å². The minimum Gasteiger partial charge on any atom is -0.380 e. The molecule has 1 fully saturated rings. The van der Waals surface area contributed by atoms with Crippen LogP contribution >= 0.6 is 11.6 Å². The summed E-state index contributed by atoms with van der Waals surface area (Å²) in [6, 6.07) is 5.46. The number of halogens is 3. The summed E-state index contributed by atoms with van der Waals surface area (Å²) in [7, 11) is 0. The van der Waals surface area contributed by atoms with Crippen LogP contribution < -0.4 is 10.2 Å². The van der Waals surface area contributed by atoms with Crippen LogP contribution in [-0.4, -0.2) is 34.1 Å². The molecule has 8 heteroatoms. The first-order chi connectivity index (χ1) is 12.6. The Morgan fingerprint density at radius 3 is 2.65 bits per heavy atom. The van der Waals surface area contributed by atoms with E-state index in [2.05, 4.69) is 25.2 Å². The van der Waals surface area contributed by atoms with Crippen LogP contribution in [0.1, 0.15) is 12.8 Å². The minimum atomic E-state index is -0.581. The zero-order valence-corrected chi connectivity index (χ0v) is 14.5. The SMILES string of the molecule is Fc1ccc(NC2CCN(c3nc4ccncc4nc3Cl)CC2)c(F)c1. The fourth-order valence-corrected chi connectivity index (χ4v) is 3.39. The van der Waals surface area contributed by atoms with Gasteiger partial charge in [-0.1, -0.05) is 11.6 Å². The molecule has 134 valence electrons. The number of aromatic nitrogens is 3. The van der Waals surface area contributed by atoms with Crippen LogP contribution in [0.3, 0.4) is 0 Å². The monoisotopic (exact) mass is 375 g/mol. The van der Waals surface area contributed by atoms with Gasteiger partial charge in [-0.15, -0.1) is 0 Å². The first-order valence-corrected chi connectivity index (χ1v) is 8.72. The Labute approximate surface area is 154 Å². The van der Waals surface area contributed by atoms with E-state index < -0.39 is 11.6 Å². The summed E-state index contributed by atoms with van der Waals surface area (Å²) in [5.74, 6) is -0.510. The molecule has 26 heavy (non-hydrogen) atoms. The van der Waals surface area contributed by atoms with Gasteiger partial charge in [-0.25, -0.2) is 18.7 Å². The predicted molar refractivity (Wildman–Crippen MR) is 97.6 cm³/mol. The Kier molecular flexibility index (Phi) is 4.55. The number of nitrogens with zero attached hydrogens (tertiary/aromatic N) is 4. The second-order valence-electron chi connectivity index (χ2n) is 6.23. The molecule has 2 aromatic heterocycles. The van der Waals surface area contributed by atoms with E-state index in [9.17, 15) is 8.78 Å². The van der Waals surface area contributed by atoms with Crippen molar-refractivity contribution in [3.05, 3.63) is 53.4 Å². The van der Waals surface area contributed by atoms with Crippen molar-refractivity contribution in [3.63, 3.8) is 0 Å². The molecule has 1 aromatic carbocycles. The topological polar surface area (TPSA) is 53.9 Å². The largest absolute Gasteiger partial charge is 0.380 e. The number of hydrogen-bond donors (Lipinski definition) is 1. The van der Waals surface area contributed by atoms with Crippen molar-refractivity contribution in [1.29, 1.82) is 0 Å². The molecule has 1 aliphatic heterocycles. The Morgan fingerprint density at radius 2 is 1.88 bits per heavy atom. The second kappa shape index (κ2) is 6.99. The van der Waals surface area contributed by atoms with E-state index in [-0.39, 0.29) is 6.04 Å². The van der Waals surface area contributed by atoms with Gasteiger partial charge in [-0.2, -0.15) is 0 Å². The average Bonchev–Trinajstić information content (AvgIpc) is 2.64. The van der Waals surface area contributed by atoms with Gasteiger partial charge in [0.2, 0.25) is 0 Å². The average molecular weight is 376 g/mol. The number of rotatable bonds is 3. The fourth-order valence-electron chi connectivity index (χ4n) is 3.14. The summed E-state index contributed by atoms with van der Waals surface area (Å²) < 4.78 is 26.8. The van der Waals surface area contributed by atoms with Crippen LogP contribution in [0.15, 0.2) is 36.7 Å². The van der Waals surface area contributed by atoms with Crippen molar-refractivity contribution in [2.24, 2.45) is 0 Å². The van der Waals surface area contributed by atoms with Gasteiger partial charge in [0, 0.05) is 31.4 Å². The number of nitrogens with one attached hydrogen (secondary N) is 1. The van der Waals surface area contributed by atoms with E-state index >= 15 is 0 Å². The van der Waals surface area contributed by atoms with E-state index in [0.29, 0.717) is 35.3 Å². The molecule has 0 unspecified atom stereocenters. The molecule has 0 bridgehead atoms. The van der Waals surface area contributed by atoms with Gasteiger partial charge in [-0.3, -0.25) is 4.98 Å². The molecule has 1 aliphatic rings. The normalized spacial score (nSPS) is 15.4. The van der Waals surface area contributed by atoms with Gasteiger partial charge in [0.05, 0.1) is 17.4 Å². The molecule has 1 N–H and O–H groups in total. The number of anilines is 2. The molecule has 3 aromatic rings. The van der Waals surface area contributed by atoms with E-state index in [1.54, 1.807) is 18.5 Å². The zero-order valence-electron chi connectivity index (χ0n) is 13.8. The lowest BCUT2D eigenvalue weighted by Crippen LogP contribution is -2.39. The fraction of sp³-hybridized carbons (Fsp3) is 0.278. The summed E-state index contributed by atoms with van der Waals surface area (Å²) in [4.78, 5) is 15.1. The maximum absolute atomic E-state index is 13.8. The van der Waals surface area contributed by atoms with E-state index in [1.807, 2.05) is 0 Å². The van der Waals surface area contributed by atoms with E-state index in [1.165, 1.54) is 12.1 Å². The summed E-state index contributed by atoms with van der Waals surface area (Å²) in [6.45, 7) is 1.43. The molecule has 0 radical (unpaired) electrons. The van der Waals surface area contributed by atoms with Crippen molar-refractivity contribution >= 4 is 34.1 Å². The Morgan fingerprint density at radius 1 is 1.08 bits per heavy atom. The van der Waals surface area contributed by atoms with Gasteiger partial charge in [-0.05, 0) is 31.0 Å². The molecule has 3 heterocycles. The first-order valence-electron chi connectivity index (χ1n) is 8.34. The maximum atomic E-state index is 13.8. The van der Waals surface area contributed by atoms with E-state index in [0.717, 1.165) is 24.4 Å². The number of fused-ring (bicyclic) bond motifs is 1. The standard InChI is InChI=1S/C18H16ClF2N5/c19-17-18(25-15-3-6-22-10-16(15)24-17)26-7-4-12(5-8-26)23-14-2-1-11(20)9-13(14)21/h1-3,6,9-10,12,23H,4-5,7-8H2. The summed E-state index contributed by atoms with van der Waals surface area (Å²) in [6.07, 6.45) is 4.86. The highest BCUT2D eigenvalue weighted by Crippen LogP contribution is 2.28. The molecule has 0 atom stereocenters. The van der Waals surface area contributed by atoms with Crippen LogP contribution in [0, 0.1) is 11.6 Å². The van der Waals surface area contributed by atoms with Crippen LogP contribution in [0.5, 0.6) is 0 Å². The summed E-state index contributed by atoms with van der Waals surface area (Å²) in [5.41, 5.74) is 1.72. The van der Waals surface area contributed by atoms with Crippen LogP contribution in [0.25, 0.3) is 11.0 Å². The molecule has 0 amide bonds. The van der Waals surface area contributed by atoms with E-state index in [4.69, 9.17) is 11.6 Å². The van der Waals surface area contributed by atoms with Crippen molar-refractivity contribution in [2.75, 3.05) is 23.3 Å². The zero-order chi connectivity index (χ0) is 18.1. The third-order valence-electron chi connectivity index (χ3n) is 4.49. The van der Waals surface area contributed by atoms with Crippen molar-refractivity contribution in [1.82, 2.24) is 15.0 Å². The Balaban J connectivity index is 1.46. The van der Waals surface area contributed by atoms with Gasteiger partial charge in [0.15, 0.2) is 11.0 Å². The Hall–Kier alpha value is -2.54. The smallest absolute Gasteiger partial charge is 0.172 e. The Bertz CT molecular complexity index is 944. The van der Waals surface area contributed by atoms with Crippen molar-refractivity contribution in [3.8, 4) is 0 Å². The lowest BCUT2D eigenvalue weighted by molar-refractivity contribution is 0.518. The number of pyridine rings is 1. The number of benzene rings is 1. The second-order valence-corrected chi connectivity index (χ2v) is 6.59. The highest BCUT2D eigenvalue weighted by molar-refractivity contribution is 6.32. The third-order valence-corrected chi connectivity index (χ3v) is 4.75.